The van der Waals surface area contributed by atoms with Crippen molar-refractivity contribution < 1.29 is 9.53 Å². The van der Waals surface area contributed by atoms with Gasteiger partial charge in [-0.3, -0.25) is 5.10 Å². The van der Waals surface area contributed by atoms with Crippen molar-refractivity contribution in [3.63, 3.8) is 0 Å². The summed E-state index contributed by atoms with van der Waals surface area (Å²) in [6, 6.07) is 17.9. The van der Waals surface area contributed by atoms with Crippen LogP contribution in [0.3, 0.4) is 0 Å². The minimum absolute atomic E-state index is 0.522. The van der Waals surface area contributed by atoms with Gasteiger partial charge in [-0.05, 0) is 36.4 Å². The van der Waals surface area contributed by atoms with Crippen LogP contribution in [0, 0.1) is 0 Å². The van der Waals surface area contributed by atoms with E-state index in [1.807, 2.05) is 42.5 Å². The summed E-state index contributed by atoms with van der Waals surface area (Å²) in [4.78, 5) is 19.5. The molecule has 0 amide bonds. The van der Waals surface area contributed by atoms with E-state index in [4.69, 9.17) is 4.74 Å². The first-order chi connectivity index (χ1) is 13.8. The minimum Gasteiger partial charge on any atom is -0.497 e. The zero-order valence-electron chi connectivity index (χ0n) is 15.6. The average Bonchev–Trinajstić information content (AvgIpc) is 3.18. The monoisotopic (exact) mass is 375 g/mol. The normalized spacial score (nSPS) is 13.9. The highest BCUT2D eigenvalue weighted by Gasteiger charge is 2.24. The van der Waals surface area contributed by atoms with E-state index in [2.05, 4.69) is 37.1 Å². The summed E-state index contributed by atoms with van der Waals surface area (Å²) in [7, 11) is 1.63. The van der Waals surface area contributed by atoms with Gasteiger partial charge in [-0.2, -0.15) is 10.1 Å². The molecule has 1 N–H and O–H groups in total. The molecule has 7 heteroatoms. The lowest BCUT2D eigenvalue weighted by atomic mass is 10.1. The summed E-state index contributed by atoms with van der Waals surface area (Å²) < 4.78 is 5.21. The summed E-state index contributed by atoms with van der Waals surface area (Å²) in [5, 5.41) is 7.49. The molecule has 2 aromatic carbocycles. The number of hydrogen-bond donors (Lipinski definition) is 1. The quantitative estimate of drug-likeness (QED) is 0.547. The smallest absolute Gasteiger partial charge is 0.240 e. The third kappa shape index (κ3) is 3.48. The second-order valence-electron chi connectivity index (χ2n) is 6.51. The van der Waals surface area contributed by atoms with Crippen LogP contribution in [0.2, 0.25) is 0 Å². The number of isocyanates is 1. The number of aliphatic imine (C=N–C) groups is 1. The van der Waals surface area contributed by atoms with E-state index in [1.54, 1.807) is 13.2 Å². The van der Waals surface area contributed by atoms with Crippen LogP contribution in [-0.2, 0) is 4.79 Å². The fraction of sp³-hybridized carbons (Fsp3) is 0.238. The topological polar surface area (TPSA) is 73.8 Å². The van der Waals surface area contributed by atoms with Crippen molar-refractivity contribution in [2.75, 3.05) is 43.1 Å². The third-order valence-electron chi connectivity index (χ3n) is 4.96. The number of hydrogen-bond acceptors (Lipinski definition) is 6. The molecule has 28 heavy (non-hydrogen) atoms. The van der Waals surface area contributed by atoms with E-state index >= 15 is 0 Å². The zero-order valence-corrected chi connectivity index (χ0v) is 15.6. The van der Waals surface area contributed by atoms with Crippen molar-refractivity contribution in [2.24, 2.45) is 4.99 Å². The van der Waals surface area contributed by atoms with Crippen molar-refractivity contribution in [3.05, 3.63) is 54.6 Å². The molecule has 142 valence electrons. The second kappa shape index (κ2) is 7.98. The van der Waals surface area contributed by atoms with Crippen molar-refractivity contribution in [2.45, 2.75) is 0 Å². The molecule has 1 saturated heterocycles. The lowest BCUT2D eigenvalue weighted by Gasteiger charge is -2.36. The summed E-state index contributed by atoms with van der Waals surface area (Å²) in [6.07, 6.45) is 1.67. The Balaban J connectivity index is 1.57. The van der Waals surface area contributed by atoms with Gasteiger partial charge in [0.15, 0.2) is 5.82 Å². The fourth-order valence-corrected chi connectivity index (χ4v) is 3.47. The van der Waals surface area contributed by atoms with E-state index < -0.39 is 0 Å². The number of para-hydroxylation sites is 1. The largest absolute Gasteiger partial charge is 0.497 e. The zero-order chi connectivity index (χ0) is 19.3. The van der Waals surface area contributed by atoms with E-state index in [9.17, 15) is 4.79 Å². The molecule has 0 atom stereocenters. The Hall–Kier alpha value is -3.57. The molecule has 3 aromatic rings. The molecule has 2 heterocycles. The van der Waals surface area contributed by atoms with Crippen LogP contribution in [0.5, 0.6) is 5.75 Å². The second-order valence-corrected chi connectivity index (χ2v) is 6.51. The number of aromatic amines is 1. The molecule has 0 unspecified atom stereocenters. The molecule has 1 aliphatic heterocycles. The van der Waals surface area contributed by atoms with Gasteiger partial charge in [0.05, 0.1) is 12.8 Å². The van der Waals surface area contributed by atoms with Gasteiger partial charge in [-0.15, -0.1) is 0 Å². The first-order valence-electron chi connectivity index (χ1n) is 9.16. The van der Waals surface area contributed by atoms with E-state index in [1.165, 1.54) is 5.69 Å². The summed E-state index contributed by atoms with van der Waals surface area (Å²) in [5.41, 5.74) is 3.32. The van der Waals surface area contributed by atoms with Crippen molar-refractivity contribution in [1.29, 1.82) is 0 Å². The molecule has 7 nitrogen and oxygen atoms in total. The molecule has 4 rings (SSSR count). The Labute approximate surface area is 163 Å². The van der Waals surface area contributed by atoms with Gasteiger partial charge in [-0.1, -0.05) is 18.2 Å². The van der Waals surface area contributed by atoms with Crippen LogP contribution < -0.4 is 14.5 Å². The third-order valence-corrected chi connectivity index (χ3v) is 4.96. The van der Waals surface area contributed by atoms with Crippen LogP contribution in [-0.4, -0.2) is 49.6 Å². The SMILES string of the molecule is COc1ccc(-c2[nH]nc(N3CCN(c4ccccc4)CC3)c2N=C=O)cc1. The number of methoxy groups -OCH3 is 1. The maximum Gasteiger partial charge on any atom is 0.240 e. The van der Waals surface area contributed by atoms with E-state index in [0.717, 1.165) is 37.5 Å². The highest BCUT2D eigenvalue weighted by Crippen LogP contribution is 2.37. The first kappa shape index (κ1) is 17.8. The Bertz CT molecular complexity index is 970. The van der Waals surface area contributed by atoms with E-state index in [0.29, 0.717) is 17.2 Å². The average molecular weight is 375 g/mol. The summed E-state index contributed by atoms with van der Waals surface area (Å²) >= 11 is 0. The van der Waals surface area contributed by atoms with Crippen LogP contribution in [0.4, 0.5) is 17.2 Å². The number of nitrogens with one attached hydrogen (secondary N) is 1. The predicted octanol–water partition coefficient (Wildman–Crippen LogP) is 3.38. The highest BCUT2D eigenvalue weighted by molar-refractivity contribution is 5.83. The van der Waals surface area contributed by atoms with Crippen molar-refractivity contribution >= 4 is 23.3 Å². The van der Waals surface area contributed by atoms with Gasteiger partial charge in [0.1, 0.15) is 11.4 Å². The molecule has 1 aliphatic rings. The predicted molar refractivity (Wildman–Crippen MR) is 109 cm³/mol. The van der Waals surface area contributed by atoms with Crippen LogP contribution in [0.25, 0.3) is 11.3 Å². The number of ether oxygens (including phenoxy) is 1. The van der Waals surface area contributed by atoms with Crippen LogP contribution in [0.15, 0.2) is 59.6 Å². The number of aromatic nitrogens is 2. The number of carbonyl (C=O) groups excluding carboxylic acids is 1. The lowest BCUT2D eigenvalue weighted by molar-refractivity contribution is 0.415. The van der Waals surface area contributed by atoms with Gasteiger partial charge < -0.3 is 14.5 Å². The molecule has 0 spiro atoms. The Kier molecular flexibility index (Phi) is 5.08. The number of rotatable bonds is 5. The number of nitrogens with zero attached hydrogens (tertiary/aromatic N) is 4. The van der Waals surface area contributed by atoms with Gasteiger partial charge in [0.25, 0.3) is 0 Å². The molecule has 1 aromatic heterocycles. The minimum atomic E-state index is 0.522. The summed E-state index contributed by atoms with van der Waals surface area (Å²) in [5.74, 6) is 1.45. The Morgan fingerprint density at radius 2 is 1.68 bits per heavy atom. The number of H-pyrrole nitrogens is 1. The number of anilines is 2. The van der Waals surface area contributed by atoms with Crippen LogP contribution in [0.1, 0.15) is 0 Å². The highest BCUT2D eigenvalue weighted by atomic mass is 16.5. The molecular weight excluding hydrogens is 354 g/mol. The Morgan fingerprint density at radius 1 is 1.00 bits per heavy atom. The maximum absolute atomic E-state index is 11.0. The number of benzene rings is 2. The van der Waals surface area contributed by atoms with Crippen molar-refractivity contribution in [3.8, 4) is 17.0 Å². The Morgan fingerprint density at radius 3 is 2.32 bits per heavy atom. The van der Waals surface area contributed by atoms with E-state index in [-0.39, 0.29) is 0 Å². The van der Waals surface area contributed by atoms with Gasteiger partial charge in [0, 0.05) is 37.4 Å². The number of piperazine rings is 1. The first-order valence-corrected chi connectivity index (χ1v) is 9.16. The molecule has 0 radical (unpaired) electrons. The van der Waals surface area contributed by atoms with Gasteiger partial charge >= 0.3 is 0 Å². The molecule has 0 aliphatic carbocycles. The molecule has 0 saturated carbocycles. The van der Waals surface area contributed by atoms with Gasteiger partial charge in [-0.25, -0.2) is 4.79 Å². The van der Waals surface area contributed by atoms with Crippen molar-refractivity contribution in [1.82, 2.24) is 10.2 Å². The lowest BCUT2D eigenvalue weighted by Crippen LogP contribution is -2.46. The van der Waals surface area contributed by atoms with Crippen LogP contribution >= 0.6 is 0 Å². The summed E-state index contributed by atoms with van der Waals surface area (Å²) in [6.45, 7) is 3.34. The molecule has 0 bridgehead atoms. The van der Waals surface area contributed by atoms with Gasteiger partial charge in [0.2, 0.25) is 6.08 Å². The molecular formula is C21H21N5O2. The standard InChI is InChI=1S/C21H21N5O2/c1-28-18-9-7-16(8-10-18)19-20(22-15-27)21(24-23-19)26-13-11-25(12-14-26)17-5-3-2-4-6-17/h2-10H,11-14H2,1H3,(H,23,24). The maximum atomic E-state index is 11.0. The molecule has 1 fully saturated rings. The fourth-order valence-electron chi connectivity index (χ4n) is 3.47.